The van der Waals surface area contributed by atoms with Crippen LogP contribution in [0, 0.1) is 0 Å². The van der Waals surface area contributed by atoms with Crippen molar-refractivity contribution in [2.24, 2.45) is 0 Å². The molecule has 1 fully saturated rings. The van der Waals surface area contributed by atoms with Crippen LogP contribution in [0.2, 0.25) is 0 Å². The van der Waals surface area contributed by atoms with Crippen molar-refractivity contribution in [1.82, 2.24) is 4.98 Å². The molecule has 1 aromatic rings. The van der Waals surface area contributed by atoms with Gasteiger partial charge in [-0.3, -0.25) is 4.79 Å². The van der Waals surface area contributed by atoms with Crippen molar-refractivity contribution in [3.8, 4) is 0 Å². The lowest BCUT2D eigenvalue weighted by molar-refractivity contribution is 0.111. The maximum absolute atomic E-state index is 10.4. The van der Waals surface area contributed by atoms with Crippen molar-refractivity contribution in [3.05, 3.63) is 17.8 Å². The highest BCUT2D eigenvalue weighted by Gasteiger charge is 2.16. The molecule has 2 rings (SSSR count). The molecule has 1 atom stereocenters. The largest absolute Gasteiger partial charge is 0.448 e. The molecule has 0 aliphatic carbocycles. The highest BCUT2D eigenvalue weighted by atomic mass is 32.2. The van der Waals surface area contributed by atoms with E-state index in [1.807, 2.05) is 11.8 Å². The summed E-state index contributed by atoms with van der Waals surface area (Å²) in [6, 6.07) is 0. The van der Waals surface area contributed by atoms with Gasteiger partial charge < -0.3 is 4.42 Å². The number of carbonyl (C=O) groups excluding carboxylic acids is 1. The zero-order valence-electron chi connectivity index (χ0n) is 7.94. The number of hydrogen-bond acceptors (Lipinski definition) is 4. The minimum absolute atomic E-state index is 0.404. The van der Waals surface area contributed by atoms with Gasteiger partial charge in [0.2, 0.25) is 0 Å². The third kappa shape index (κ3) is 2.38. The van der Waals surface area contributed by atoms with Gasteiger partial charge in [-0.25, -0.2) is 4.98 Å². The molecule has 0 saturated carbocycles. The summed E-state index contributed by atoms with van der Waals surface area (Å²) in [4.78, 5) is 14.5. The van der Waals surface area contributed by atoms with E-state index in [1.54, 1.807) is 0 Å². The lowest BCUT2D eigenvalue weighted by Crippen LogP contribution is -2.12. The summed E-state index contributed by atoms with van der Waals surface area (Å²) in [7, 11) is 0. The molecule has 3 nitrogen and oxygen atoms in total. The normalized spacial score (nSPS) is 22.1. The first-order chi connectivity index (χ1) is 6.88. The van der Waals surface area contributed by atoms with E-state index in [2.05, 4.69) is 4.98 Å². The van der Waals surface area contributed by atoms with Gasteiger partial charge in [-0.15, -0.1) is 0 Å². The monoisotopic (exact) mass is 211 g/mol. The maximum Gasteiger partial charge on any atom is 0.195 e. The number of thioether (sulfide) groups is 1. The Morgan fingerprint density at radius 3 is 3.21 bits per heavy atom. The van der Waals surface area contributed by atoms with Crippen LogP contribution in [0.5, 0.6) is 0 Å². The average molecular weight is 211 g/mol. The van der Waals surface area contributed by atoms with Crippen LogP contribution in [0.1, 0.15) is 35.6 Å². The van der Waals surface area contributed by atoms with Crippen LogP contribution in [-0.2, 0) is 6.42 Å². The molecule has 1 saturated heterocycles. The van der Waals surface area contributed by atoms with Gasteiger partial charge >= 0.3 is 0 Å². The van der Waals surface area contributed by atoms with Crippen molar-refractivity contribution in [2.75, 3.05) is 5.75 Å². The SMILES string of the molecule is O=Cc1coc(CC2CCCCS2)n1. The van der Waals surface area contributed by atoms with Crippen LogP contribution < -0.4 is 0 Å². The molecule has 1 aliphatic rings. The molecule has 0 aromatic carbocycles. The number of aromatic nitrogens is 1. The van der Waals surface area contributed by atoms with Gasteiger partial charge in [0.25, 0.3) is 0 Å². The minimum atomic E-state index is 0.404. The Morgan fingerprint density at radius 2 is 2.57 bits per heavy atom. The summed E-state index contributed by atoms with van der Waals surface area (Å²) in [5.41, 5.74) is 0.404. The van der Waals surface area contributed by atoms with Crippen molar-refractivity contribution >= 4 is 18.0 Å². The Labute approximate surface area is 87.3 Å². The summed E-state index contributed by atoms with van der Waals surface area (Å²) in [6.07, 6.45) is 6.88. The van der Waals surface area contributed by atoms with Gasteiger partial charge in [-0.2, -0.15) is 11.8 Å². The van der Waals surface area contributed by atoms with E-state index in [0.29, 0.717) is 16.8 Å². The second-order valence-corrected chi connectivity index (χ2v) is 4.88. The Bertz CT molecular complexity index is 305. The molecule has 1 unspecified atom stereocenters. The van der Waals surface area contributed by atoms with E-state index >= 15 is 0 Å². The smallest absolute Gasteiger partial charge is 0.195 e. The zero-order chi connectivity index (χ0) is 9.80. The molecule has 0 spiro atoms. The first-order valence-corrected chi connectivity index (χ1v) is 5.94. The van der Waals surface area contributed by atoms with E-state index in [-0.39, 0.29) is 0 Å². The third-order valence-electron chi connectivity index (χ3n) is 2.37. The standard InChI is InChI=1S/C10H13NO2S/c12-6-8-7-13-10(11-8)5-9-3-1-2-4-14-9/h6-7,9H,1-5H2. The topological polar surface area (TPSA) is 43.1 Å². The lowest BCUT2D eigenvalue weighted by atomic mass is 10.1. The van der Waals surface area contributed by atoms with Gasteiger partial charge in [0.15, 0.2) is 12.2 Å². The van der Waals surface area contributed by atoms with Crippen LogP contribution in [-0.4, -0.2) is 22.3 Å². The summed E-state index contributed by atoms with van der Waals surface area (Å²) < 4.78 is 5.20. The van der Waals surface area contributed by atoms with Gasteiger partial charge in [-0.05, 0) is 18.6 Å². The Morgan fingerprint density at radius 1 is 1.64 bits per heavy atom. The number of rotatable bonds is 3. The van der Waals surface area contributed by atoms with E-state index in [9.17, 15) is 4.79 Å². The predicted octanol–water partition coefficient (Wildman–Crippen LogP) is 2.32. The number of carbonyl (C=O) groups is 1. The fourth-order valence-electron chi connectivity index (χ4n) is 1.64. The Kier molecular flexibility index (Phi) is 3.24. The fourth-order valence-corrected chi connectivity index (χ4v) is 2.93. The first-order valence-electron chi connectivity index (χ1n) is 4.89. The zero-order valence-corrected chi connectivity index (χ0v) is 8.76. The van der Waals surface area contributed by atoms with E-state index in [0.717, 1.165) is 12.7 Å². The molecule has 2 heterocycles. The number of nitrogens with zero attached hydrogens (tertiary/aromatic N) is 1. The molecule has 0 N–H and O–H groups in total. The number of aldehydes is 1. The van der Waals surface area contributed by atoms with Gasteiger partial charge in [-0.1, -0.05) is 6.42 Å². The molecule has 0 radical (unpaired) electrons. The Balaban J connectivity index is 1.92. The van der Waals surface area contributed by atoms with E-state index in [4.69, 9.17) is 4.42 Å². The van der Waals surface area contributed by atoms with Crippen LogP contribution in [0.3, 0.4) is 0 Å². The predicted molar refractivity (Wildman–Crippen MR) is 55.7 cm³/mol. The fraction of sp³-hybridized carbons (Fsp3) is 0.600. The van der Waals surface area contributed by atoms with E-state index < -0.39 is 0 Å². The third-order valence-corrected chi connectivity index (χ3v) is 3.76. The molecule has 1 aromatic heterocycles. The van der Waals surface area contributed by atoms with Crippen molar-refractivity contribution < 1.29 is 9.21 Å². The second-order valence-electron chi connectivity index (χ2n) is 3.48. The van der Waals surface area contributed by atoms with Crippen LogP contribution >= 0.6 is 11.8 Å². The van der Waals surface area contributed by atoms with Crippen molar-refractivity contribution in [1.29, 1.82) is 0 Å². The van der Waals surface area contributed by atoms with Crippen LogP contribution in [0.25, 0.3) is 0 Å². The molecule has 76 valence electrons. The van der Waals surface area contributed by atoms with Crippen LogP contribution in [0.4, 0.5) is 0 Å². The molecule has 14 heavy (non-hydrogen) atoms. The first kappa shape index (κ1) is 9.77. The minimum Gasteiger partial charge on any atom is -0.448 e. The molecular formula is C10H13NO2S. The van der Waals surface area contributed by atoms with E-state index in [1.165, 1.54) is 31.3 Å². The Hall–Kier alpha value is -0.770. The molecule has 0 bridgehead atoms. The maximum atomic E-state index is 10.4. The molecule has 1 aliphatic heterocycles. The van der Waals surface area contributed by atoms with Gasteiger partial charge in [0.1, 0.15) is 12.0 Å². The summed E-state index contributed by atoms with van der Waals surface area (Å²) in [5, 5.41) is 0.627. The average Bonchev–Trinajstić information content (AvgIpc) is 2.67. The number of hydrogen-bond donors (Lipinski definition) is 0. The summed E-state index contributed by atoms with van der Waals surface area (Å²) in [6.45, 7) is 0. The quantitative estimate of drug-likeness (QED) is 0.720. The molecule has 0 amide bonds. The van der Waals surface area contributed by atoms with Gasteiger partial charge in [0, 0.05) is 11.7 Å². The lowest BCUT2D eigenvalue weighted by Gasteiger charge is -2.19. The van der Waals surface area contributed by atoms with Crippen LogP contribution in [0.15, 0.2) is 10.7 Å². The highest BCUT2D eigenvalue weighted by Crippen LogP contribution is 2.27. The van der Waals surface area contributed by atoms with Crippen molar-refractivity contribution in [3.63, 3.8) is 0 Å². The summed E-state index contributed by atoms with van der Waals surface area (Å²) in [5.74, 6) is 1.94. The summed E-state index contributed by atoms with van der Waals surface area (Å²) >= 11 is 1.99. The van der Waals surface area contributed by atoms with Crippen molar-refractivity contribution in [2.45, 2.75) is 30.9 Å². The number of oxazole rings is 1. The molecular weight excluding hydrogens is 198 g/mol. The second kappa shape index (κ2) is 4.64. The molecule has 4 heteroatoms. The van der Waals surface area contributed by atoms with Gasteiger partial charge in [0.05, 0.1) is 0 Å². The highest BCUT2D eigenvalue weighted by molar-refractivity contribution is 7.99.